The van der Waals surface area contributed by atoms with Crippen LogP contribution in [-0.4, -0.2) is 9.55 Å². The normalized spacial score (nSPS) is 9.93. The SMILES string of the molecule is C=Cn1c(C(=C)Cl)nc(C(=C)C)c1C. The lowest BCUT2D eigenvalue weighted by atomic mass is 10.2. The van der Waals surface area contributed by atoms with Crippen molar-refractivity contribution in [3.8, 4) is 0 Å². The molecule has 0 radical (unpaired) electrons. The zero-order valence-electron chi connectivity index (χ0n) is 8.47. The molecule has 0 aromatic carbocycles. The number of rotatable bonds is 3. The summed E-state index contributed by atoms with van der Waals surface area (Å²) in [6, 6.07) is 0. The van der Waals surface area contributed by atoms with Crippen LogP contribution in [0, 0.1) is 6.92 Å². The number of hydrogen-bond donors (Lipinski definition) is 0. The smallest absolute Gasteiger partial charge is 0.155 e. The zero-order valence-corrected chi connectivity index (χ0v) is 9.23. The summed E-state index contributed by atoms with van der Waals surface area (Å²) < 4.78 is 1.80. The topological polar surface area (TPSA) is 17.8 Å². The fourth-order valence-corrected chi connectivity index (χ4v) is 1.47. The predicted molar refractivity (Wildman–Crippen MR) is 62.9 cm³/mol. The van der Waals surface area contributed by atoms with Gasteiger partial charge >= 0.3 is 0 Å². The van der Waals surface area contributed by atoms with E-state index in [-0.39, 0.29) is 0 Å². The molecule has 1 aromatic heterocycles. The molecule has 0 saturated heterocycles. The third-order valence-electron chi connectivity index (χ3n) is 1.98. The van der Waals surface area contributed by atoms with Crippen molar-refractivity contribution in [2.75, 3.05) is 0 Å². The Labute approximate surface area is 89.2 Å². The van der Waals surface area contributed by atoms with E-state index in [1.54, 1.807) is 10.8 Å². The third-order valence-corrected chi connectivity index (χ3v) is 2.15. The van der Waals surface area contributed by atoms with E-state index in [2.05, 4.69) is 24.7 Å². The molecule has 0 amide bonds. The maximum absolute atomic E-state index is 5.82. The molecule has 0 fully saturated rings. The van der Waals surface area contributed by atoms with Gasteiger partial charge < -0.3 is 4.57 Å². The van der Waals surface area contributed by atoms with E-state index in [0.29, 0.717) is 10.9 Å². The van der Waals surface area contributed by atoms with Gasteiger partial charge in [0.1, 0.15) is 0 Å². The van der Waals surface area contributed by atoms with E-state index in [9.17, 15) is 0 Å². The van der Waals surface area contributed by atoms with Gasteiger partial charge in [-0.2, -0.15) is 0 Å². The van der Waals surface area contributed by atoms with Crippen molar-refractivity contribution >= 4 is 28.4 Å². The molecule has 2 nitrogen and oxygen atoms in total. The first-order valence-corrected chi connectivity index (χ1v) is 4.58. The molecule has 74 valence electrons. The summed E-state index contributed by atoms with van der Waals surface area (Å²) in [7, 11) is 0. The second-order valence-corrected chi connectivity index (χ2v) is 3.56. The molecule has 0 bridgehead atoms. The lowest BCUT2D eigenvalue weighted by Crippen LogP contribution is -1.93. The highest BCUT2D eigenvalue weighted by atomic mass is 35.5. The van der Waals surface area contributed by atoms with Gasteiger partial charge in [0.2, 0.25) is 0 Å². The van der Waals surface area contributed by atoms with Gasteiger partial charge in [-0.1, -0.05) is 31.3 Å². The highest BCUT2D eigenvalue weighted by Gasteiger charge is 2.13. The summed E-state index contributed by atoms with van der Waals surface area (Å²) in [6.07, 6.45) is 1.66. The zero-order chi connectivity index (χ0) is 10.9. The average Bonchev–Trinajstić information content (AvgIpc) is 2.42. The van der Waals surface area contributed by atoms with E-state index >= 15 is 0 Å². The summed E-state index contributed by atoms with van der Waals surface area (Å²) >= 11 is 5.82. The van der Waals surface area contributed by atoms with Crippen LogP contribution in [0.25, 0.3) is 16.8 Å². The van der Waals surface area contributed by atoms with Crippen LogP contribution < -0.4 is 0 Å². The molecule has 0 aliphatic rings. The molecule has 14 heavy (non-hydrogen) atoms. The highest BCUT2D eigenvalue weighted by Crippen LogP contribution is 2.23. The number of nitrogens with zero attached hydrogens (tertiary/aromatic N) is 2. The Morgan fingerprint density at radius 1 is 1.50 bits per heavy atom. The van der Waals surface area contributed by atoms with Crippen molar-refractivity contribution in [3.05, 3.63) is 36.9 Å². The van der Waals surface area contributed by atoms with Crippen LogP contribution in [0.4, 0.5) is 0 Å². The van der Waals surface area contributed by atoms with Crippen molar-refractivity contribution in [1.29, 1.82) is 0 Å². The second kappa shape index (κ2) is 3.84. The molecule has 0 unspecified atom stereocenters. The largest absolute Gasteiger partial charge is 0.303 e. The maximum atomic E-state index is 5.82. The second-order valence-electron chi connectivity index (χ2n) is 3.11. The predicted octanol–water partition coefficient (Wildman–Crippen LogP) is 3.53. The Bertz CT molecular complexity index is 413. The van der Waals surface area contributed by atoms with Gasteiger partial charge in [-0.05, 0) is 19.4 Å². The van der Waals surface area contributed by atoms with E-state index in [4.69, 9.17) is 11.6 Å². The molecule has 3 heteroatoms. The van der Waals surface area contributed by atoms with Crippen LogP contribution in [0.3, 0.4) is 0 Å². The first-order chi connectivity index (χ1) is 6.49. The molecule has 1 rings (SSSR count). The Hall–Kier alpha value is -1.28. The molecule has 0 aliphatic carbocycles. The minimum atomic E-state index is 0.403. The Morgan fingerprint density at radius 3 is 2.36 bits per heavy atom. The third kappa shape index (κ3) is 1.66. The van der Waals surface area contributed by atoms with Crippen molar-refractivity contribution in [3.63, 3.8) is 0 Å². The summed E-state index contributed by atoms with van der Waals surface area (Å²) in [5.41, 5.74) is 2.73. The highest BCUT2D eigenvalue weighted by molar-refractivity contribution is 6.47. The van der Waals surface area contributed by atoms with Crippen molar-refractivity contribution in [1.82, 2.24) is 9.55 Å². The van der Waals surface area contributed by atoms with E-state index in [1.807, 2.05) is 13.8 Å². The first kappa shape index (κ1) is 10.8. The van der Waals surface area contributed by atoms with Gasteiger partial charge in [0.25, 0.3) is 0 Å². The quantitative estimate of drug-likeness (QED) is 0.743. The molecular weight excluding hydrogens is 196 g/mol. The maximum Gasteiger partial charge on any atom is 0.155 e. The van der Waals surface area contributed by atoms with E-state index < -0.39 is 0 Å². The minimum absolute atomic E-state index is 0.403. The number of halogens is 1. The van der Waals surface area contributed by atoms with E-state index in [0.717, 1.165) is 17.0 Å². The Morgan fingerprint density at radius 2 is 2.07 bits per heavy atom. The first-order valence-electron chi connectivity index (χ1n) is 4.21. The van der Waals surface area contributed by atoms with Crippen LogP contribution in [0.1, 0.15) is 24.1 Å². The molecule has 0 atom stereocenters. The lowest BCUT2D eigenvalue weighted by Gasteiger charge is -2.01. The summed E-state index contributed by atoms with van der Waals surface area (Å²) in [4.78, 5) is 4.34. The average molecular weight is 209 g/mol. The molecule has 0 N–H and O–H groups in total. The van der Waals surface area contributed by atoms with Crippen molar-refractivity contribution in [2.45, 2.75) is 13.8 Å². The number of hydrogen-bond acceptors (Lipinski definition) is 1. The van der Waals surface area contributed by atoms with Crippen molar-refractivity contribution in [2.24, 2.45) is 0 Å². The molecule has 0 aliphatic heterocycles. The molecule has 0 spiro atoms. The van der Waals surface area contributed by atoms with Crippen LogP contribution in [0.15, 0.2) is 19.7 Å². The van der Waals surface area contributed by atoms with Crippen LogP contribution in [0.2, 0.25) is 0 Å². The number of imidazole rings is 1. The fraction of sp³-hybridized carbons (Fsp3) is 0.182. The summed E-state index contributed by atoms with van der Waals surface area (Å²) in [6.45, 7) is 15.1. The van der Waals surface area contributed by atoms with Gasteiger partial charge in [-0.25, -0.2) is 4.98 Å². The van der Waals surface area contributed by atoms with Gasteiger partial charge in [-0.3, -0.25) is 0 Å². The van der Waals surface area contributed by atoms with Gasteiger partial charge in [0, 0.05) is 11.9 Å². The van der Waals surface area contributed by atoms with E-state index in [1.165, 1.54) is 0 Å². The fourth-order valence-electron chi connectivity index (χ4n) is 1.33. The summed E-state index contributed by atoms with van der Waals surface area (Å²) in [5.74, 6) is 0.622. The van der Waals surface area contributed by atoms with Crippen LogP contribution in [-0.2, 0) is 0 Å². The Balaban J connectivity index is 3.46. The standard InChI is InChI=1S/C11H13ClN2/c1-6-14-9(5)10(7(2)3)13-11(14)8(4)12/h6H,1-2,4H2,3,5H3. The van der Waals surface area contributed by atoms with Gasteiger partial charge in [-0.15, -0.1) is 0 Å². The van der Waals surface area contributed by atoms with Gasteiger partial charge in [0.05, 0.1) is 10.7 Å². The molecule has 1 heterocycles. The van der Waals surface area contributed by atoms with Crippen LogP contribution >= 0.6 is 11.6 Å². The number of aromatic nitrogens is 2. The summed E-state index contributed by atoms with van der Waals surface area (Å²) in [5, 5.41) is 0.403. The molecule has 1 aromatic rings. The number of allylic oxidation sites excluding steroid dienone is 1. The molecular formula is C11H13ClN2. The van der Waals surface area contributed by atoms with Crippen molar-refractivity contribution < 1.29 is 0 Å². The van der Waals surface area contributed by atoms with Crippen LogP contribution in [0.5, 0.6) is 0 Å². The molecule has 0 saturated carbocycles. The van der Waals surface area contributed by atoms with Gasteiger partial charge in [0.15, 0.2) is 5.82 Å². The minimum Gasteiger partial charge on any atom is -0.303 e. The Kier molecular flexibility index (Phi) is 2.96. The lowest BCUT2D eigenvalue weighted by molar-refractivity contribution is 1.05. The monoisotopic (exact) mass is 208 g/mol.